The van der Waals surface area contributed by atoms with Gasteiger partial charge < -0.3 is 9.80 Å². The van der Waals surface area contributed by atoms with Crippen LogP contribution in [0.1, 0.15) is 28.8 Å². The standard InChI is InChI=1S/C19H22BrN3OS/c1-13-10-16(20)11-21-18(13)22-6-2-14(3-7-22)19(24)23-8-4-17-15(12-23)5-9-25-17/h5,9-11,14H,2-4,6-8,12H2,1H3. The molecule has 0 bridgehead atoms. The number of nitrogens with zero attached hydrogens (tertiary/aromatic N) is 3. The van der Waals surface area contributed by atoms with Crippen LogP contribution in [0.5, 0.6) is 0 Å². The number of carbonyl (C=O) groups excluding carboxylic acids is 1. The molecule has 1 amide bonds. The van der Waals surface area contributed by atoms with Crippen LogP contribution in [0.2, 0.25) is 0 Å². The zero-order chi connectivity index (χ0) is 17.4. The van der Waals surface area contributed by atoms with Crippen LogP contribution in [-0.4, -0.2) is 35.4 Å². The first kappa shape index (κ1) is 17.0. The topological polar surface area (TPSA) is 36.4 Å². The van der Waals surface area contributed by atoms with Gasteiger partial charge in [-0.2, -0.15) is 0 Å². The minimum atomic E-state index is 0.159. The molecule has 0 aromatic carbocycles. The molecule has 4 rings (SSSR count). The number of anilines is 1. The van der Waals surface area contributed by atoms with E-state index in [9.17, 15) is 4.79 Å². The van der Waals surface area contributed by atoms with Crippen molar-refractivity contribution in [2.75, 3.05) is 24.5 Å². The highest BCUT2D eigenvalue weighted by atomic mass is 79.9. The van der Waals surface area contributed by atoms with Gasteiger partial charge in [-0.05, 0) is 70.8 Å². The van der Waals surface area contributed by atoms with Gasteiger partial charge in [0.1, 0.15) is 5.82 Å². The van der Waals surface area contributed by atoms with E-state index in [0.717, 1.165) is 55.7 Å². The van der Waals surface area contributed by atoms with E-state index < -0.39 is 0 Å². The number of aryl methyl sites for hydroxylation is 1. The molecular formula is C19H22BrN3OS. The third kappa shape index (κ3) is 3.47. The fraction of sp³-hybridized carbons (Fsp3) is 0.474. The molecule has 25 heavy (non-hydrogen) atoms. The quantitative estimate of drug-likeness (QED) is 0.737. The van der Waals surface area contributed by atoms with Crippen LogP contribution in [-0.2, 0) is 17.8 Å². The average molecular weight is 420 g/mol. The zero-order valence-corrected chi connectivity index (χ0v) is 16.8. The molecule has 0 N–H and O–H groups in total. The second-order valence-corrected chi connectivity index (χ2v) is 8.85. The van der Waals surface area contributed by atoms with E-state index >= 15 is 0 Å². The third-order valence-corrected chi connectivity index (χ3v) is 6.74. The van der Waals surface area contributed by atoms with Gasteiger partial charge in [0, 0.05) is 47.6 Å². The highest BCUT2D eigenvalue weighted by Crippen LogP contribution is 2.29. The fourth-order valence-electron chi connectivity index (χ4n) is 3.90. The Morgan fingerprint density at radius 2 is 2.12 bits per heavy atom. The SMILES string of the molecule is Cc1cc(Br)cnc1N1CCC(C(=O)N2CCc3sccc3C2)CC1. The van der Waals surface area contributed by atoms with Crippen LogP contribution in [0, 0.1) is 12.8 Å². The van der Waals surface area contributed by atoms with E-state index in [-0.39, 0.29) is 5.92 Å². The Kier molecular flexibility index (Phi) is 4.82. The number of amides is 1. The minimum Gasteiger partial charge on any atom is -0.356 e. The number of aromatic nitrogens is 1. The molecule has 1 saturated heterocycles. The Bertz CT molecular complexity index is 783. The molecular weight excluding hydrogens is 398 g/mol. The summed E-state index contributed by atoms with van der Waals surface area (Å²) in [5.74, 6) is 1.55. The Balaban J connectivity index is 1.38. The highest BCUT2D eigenvalue weighted by Gasteiger charge is 2.31. The van der Waals surface area contributed by atoms with Crippen molar-refractivity contribution >= 4 is 39.0 Å². The number of carbonyl (C=O) groups is 1. The van der Waals surface area contributed by atoms with Gasteiger partial charge in [-0.15, -0.1) is 11.3 Å². The number of piperidine rings is 1. The monoisotopic (exact) mass is 419 g/mol. The van der Waals surface area contributed by atoms with Crippen LogP contribution in [0.3, 0.4) is 0 Å². The van der Waals surface area contributed by atoms with E-state index in [2.05, 4.69) is 55.2 Å². The molecule has 0 saturated carbocycles. The first-order chi connectivity index (χ1) is 12.1. The number of halogens is 1. The molecule has 0 unspecified atom stereocenters. The Morgan fingerprint density at radius 3 is 2.88 bits per heavy atom. The second-order valence-electron chi connectivity index (χ2n) is 6.93. The molecule has 0 radical (unpaired) electrons. The number of fused-ring (bicyclic) bond motifs is 1. The molecule has 2 aliphatic rings. The highest BCUT2D eigenvalue weighted by molar-refractivity contribution is 9.10. The number of thiophene rings is 1. The Morgan fingerprint density at radius 1 is 1.32 bits per heavy atom. The molecule has 6 heteroatoms. The lowest BCUT2D eigenvalue weighted by Crippen LogP contribution is -2.44. The number of rotatable bonds is 2. The van der Waals surface area contributed by atoms with Gasteiger partial charge >= 0.3 is 0 Å². The molecule has 4 heterocycles. The van der Waals surface area contributed by atoms with Gasteiger partial charge in [-0.1, -0.05) is 0 Å². The molecule has 4 nitrogen and oxygen atoms in total. The molecule has 132 valence electrons. The van der Waals surface area contributed by atoms with Crippen molar-refractivity contribution in [2.45, 2.75) is 32.7 Å². The van der Waals surface area contributed by atoms with Gasteiger partial charge in [0.05, 0.1) is 0 Å². The summed E-state index contributed by atoms with van der Waals surface area (Å²) >= 11 is 5.29. The summed E-state index contributed by atoms with van der Waals surface area (Å²) in [6.07, 6.45) is 4.71. The summed E-state index contributed by atoms with van der Waals surface area (Å²) in [7, 11) is 0. The molecule has 0 atom stereocenters. The molecule has 0 aliphatic carbocycles. The second kappa shape index (κ2) is 7.08. The van der Waals surface area contributed by atoms with E-state index in [4.69, 9.17) is 0 Å². The number of hydrogen-bond acceptors (Lipinski definition) is 4. The lowest BCUT2D eigenvalue weighted by atomic mass is 9.94. The molecule has 2 aromatic heterocycles. The number of pyridine rings is 1. The van der Waals surface area contributed by atoms with Crippen LogP contribution >= 0.6 is 27.3 Å². The normalized spacial score (nSPS) is 18.3. The molecule has 0 spiro atoms. The van der Waals surface area contributed by atoms with Gasteiger partial charge in [0.15, 0.2) is 0 Å². The van der Waals surface area contributed by atoms with Crippen molar-refractivity contribution in [3.05, 3.63) is 44.2 Å². The Labute approximate surface area is 161 Å². The maximum atomic E-state index is 12.9. The van der Waals surface area contributed by atoms with E-state index in [1.165, 1.54) is 16.0 Å². The molecule has 2 aromatic rings. The zero-order valence-electron chi connectivity index (χ0n) is 14.4. The first-order valence-corrected chi connectivity index (χ1v) is 10.5. The minimum absolute atomic E-state index is 0.159. The average Bonchev–Trinajstić information content (AvgIpc) is 3.09. The largest absolute Gasteiger partial charge is 0.356 e. The van der Waals surface area contributed by atoms with Gasteiger partial charge in [0.2, 0.25) is 5.91 Å². The smallest absolute Gasteiger partial charge is 0.226 e. The summed E-state index contributed by atoms with van der Waals surface area (Å²) < 4.78 is 1.01. The lowest BCUT2D eigenvalue weighted by Gasteiger charge is -2.36. The molecule has 1 fully saturated rings. The van der Waals surface area contributed by atoms with Gasteiger partial charge in [-0.3, -0.25) is 4.79 Å². The summed E-state index contributed by atoms with van der Waals surface area (Å²) in [4.78, 5) is 23.3. The van der Waals surface area contributed by atoms with Crippen molar-refractivity contribution in [3.63, 3.8) is 0 Å². The van der Waals surface area contributed by atoms with Crippen LogP contribution in [0.25, 0.3) is 0 Å². The van der Waals surface area contributed by atoms with Crippen LogP contribution in [0.15, 0.2) is 28.2 Å². The van der Waals surface area contributed by atoms with Crippen molar-refractivity contribution in [1.29, 1.82) is 0 Å². The summed E-state index contributed by atoms with van der Waals surface area (Å²) in [5, 5.41) is 2.14. The van der Waals surface area contributed by atoms with Crippen LogP contribution in [0.4, 0.5) is 5.82 Å². The summed E-state index contributed by atoms with van der Waals surface area (Å²) in [6.45, 7) is 5.58. The number of hydrogen-bond donors (Lipinski definition) is 0. The van der Waals surface area contributed by atoms with Gasteiger partial charge in [-0.25, -0.2) is 4.98 Å². The predicted octanol–water partition coefficient (Wildman–Crippen LogP) is 4.02. The fourth-order valence-corrected chi connectivity index (χ4v) is 5.23. The maximum absolute atomic E-state index is 12.9. The lowest BCUT2D eigenvalue weighted by molar-refractivity contribution is -0.137. The van der Waals surface area contributed by atoms with E-state index in [0.29, 0.717) is 5.91 Å². The predicted molar refractivity (Wildman–Crippen MR) is 105 cm³/mol. The van der Waals surface area contributed by atoms with Crippen molar-refractivity contribution in [2.24, 2.45) is 5.92 Å². The van der Waals surface area contributed by atoms with Crippen molar-refractivity contribution in [1.82, 2.24) is 9.88 Å². The van der Waals surface area contributed by atoms with Gasteiger partial charge in [0.25, 0.3) is 0 Å². The summed E-state index contributed by atoms with van der Waals surface area (Å²) in [6, 6.07) is 4.27. The molecule has 2 aliphatic heterocycles. The first-order valence-electron chi connectivity index (χ1n) is 8.83. The van der Waals surface area contributed by atoms with E-state index in [1.54, 1.807) is 0 Å². The summed E-state index contributed by atoms with van der Waals surface area (Å²) in [5.41, 5.74) is 2.52. The third-order valence-electron chi connectivity index (χ3n) is 5.28. The van der Waals surface area contributed by atoms with Crippen molar-refractivity contribution < 1.29 is 4.79 Å². The Hall–Kier alpha value is -1.40. The van der Waals surface area contributed by atoms with Crippen LogP contribution < -0.4 is 4.90 Å². The van der Waals surface area contributed by atoms with Crippen molar-refractivity contribution in [3.8, 4) is 0 Å². The van der Waals surface area contributed by atoms with E-state index in [1.807, 2.05) is 17.5 Å². The maximum Gasteiger partial charge on any atom is 0.226 e.